The summed E-state index contributed by atoms with van der Waals surface area (Å²) in [6, 6.07) is 44.3. The van der Waals surface area contributed by atoms with E-state index in [-0.39, 0.29) is 31.0 Å². The van der Waals surface area contributed by atoms with Crippen LogP contribution in [0.25, 0.3) is 0 Å². The summed E-state index contributed by atoms with van der Waals surface area (Å²) in [6.45, 7) is 1.33. The molecule has 3 fully saturated rings. The molecule has 6 aromatic carbocycles. The maximum Gasteiger partial charge on any atom is 0.329 e. The molecular weight excluding hydrogens is 933 g/mol. The molecule has 1 saturated carbocycles. The number of aliphatic hydroxyl groups excluding tert-OH is 2. The summed E-state index contributed by atoms with van der Waals surface area (Å²) in [5.41, 5.74) is 0.779. The van der Waals surface area contributed by atoms with Crippen molar-refractivity contribution in [2.75, 3.05) is 24.7 Å². The summed E-state index contributed by atoms with van der Waals surface area (Å²) in [5.74, 6) is 2.98. The fourth-order valence-corrected chi connectivity index (χ4v) is 11.7. The first kappa shape index (κ1) is 50.0. The number of cyclic esters (lactones) is 1. The van der Waals surface area contributed by atoms with E-state index in [1.54, 1.807) is 66.7 Å². The third-order valence-electron chi connectivity index (χ3n) is 15.2. The molecule has 74 heavy (non-hydrogen) atoms. The lowest BCUT2D eigenvalue weighted by molar-refractivity contribution is -0.178. The minimum absolute atomic E-state index is 0.0228. The monoisotopic (exact) mass is 992 g/mol. The van der Waals surface area contributed by atoms with Gasteiger partial charge in [0.05, 0.1) is 42.4 Å². The van der Waals surface area contributed by atoms with Crippen molar-refractivity contribution >= 4 is 29.5 Å². The number of amides is 4. The number of benzene rings is 6. The van der Waals surface area contributed by atoms with Crippen LogP contribution in [0.1, 0.15) is 115 Å². The number of urea groups is 1. The smallest absolute Gasteiger partial charge is 0.329 e. The molecule has 5 N–H and O–H groups in total. The molecule has 0 unspecified atom stereocenters. The number of carbonyl (C=O) groups excluding carboxylic acids is 4. The van der Waals surface area contributed by atoms with Gasteiger partial charge in [0.25, 0.3) is 0 Å². The Labute approximate surface area is 431 Å². The lowest BCUT2D eigenvalue weighted by atomic mass is 9.65. The van der Waals surface area contributed by atoms with Gasteiger partial charge in [-0.15, -0.1) is 0 Å². The van der Waals surface area contributed by atoms with Crippen molar-refractivity contribution in [1.29, 1.82) is 0 Å². The molecule has 0 radical (unpaired) electrons. The minimum Gasteiger partial charge on any atom is -0.491 e. The number of carbonyl (C=O) groups is 4. The molecule has 6 aromatic rings. The number of anilines is 1. The Morgan fingerprint density at radius 1 is 0.757 bits per heavy atom. The summed E-state index contributed by atoms with van der Waals surface area (Å²) in [5, 5.41) is 39.1. The van der Waals surface area contributed by atoms with E-state index in [2.05, 4.69) is 22.5 Å². The first-order chi connectivity index (χ1) is 36.0. The van der Waals surface area contributed by atoms with E-state index < -0.39 is 77.1 Å². The van der Waals surface area contributed by atoms with Gasteiger partial charge in [-0.1, -0.05) is 158 Å². The third-order valence-corrected chi connectivity index (χ3v) is 15.2. The number of esters is 1. The molecule has 0 bridgehead atoms. The number of hydrogen-bond donors (Lipinski definition) is 5. The standard InChI is InChI=1S/C61H60N4O9/c1-40(42-18-8-4-9-19-42)63-59(71)64-49-31-26-41(32-35-60(72)33-16-2-3-17-34-60)38-48(49)61(58(64)70)51(56(68)62-39-50(67)43-20-10-5-11-21-43)53-57(69)74-54(45-24-14-7-15-25-45)52(44-22-12-6-13-23-44)65(53)55(61)46-27-29-47(30-28-46)73-37-36-66/h4-15,18-31,38,40,50-55,66-67,72H,2-3,16-17,33-34,36-37,39H2,1H3,(H,62,68)(H,63,71)/t40-,50+,51+,52+,53+,54-,55-,61+/m1/s1. The Morgan fingerprint density at radius 3 is 2.00 bits per heavy atom. The second kappa shape index (κ2) is 21.5. The number of imide groups is 1. The number of nitrogens with zero attached hydrogens (tertiary/aromatic N) is 2. The number of hydrogen-bond acceptors (Lipinski definition) is 10. The van der Waals surface area contributed by atoms with Gasteiger partial charge in [-0.2, -0.15) is 0 Å². The molecule has 8 atom stereocenters. The Hall–Kier alpha value is -7.60. The van der Waals surface area contributed by atoms with Gasteiger partial charge in [-0.25, -0.2) is 9.69 Å². The zero-order valence-electron chi connectivity index (χ0n) is 41.2. The summed E-state index contributed by atoms with van der Waals surface area (Å²) in [6.07, 6.45) is 2.50. The molecule has 3 aliphatic heterocycles. The maximum absolute atomic E-state index is 16.8. The van der Waals surface area contributed by atoms with Crippen molar-refractivity contribution in [3.05, 3.63) is 203 Å². The van der Waals surface area contributed by atoms with Gasteiger partial charge in [0.1, 0.15) is 35.5 Å². The average Bonchev–Trinajstić information content (AvgIpc) is 3.78. The van der Waals surface area contributed by atoms with Gasteiger partial charge in [0.15, 0.2) is 0 Å². The number of nitrogens with one attached hydrogen (secondary N) is 2. The summed E-state index contributed by atoms with van der Waals surface area (Å²) >= 11 is 0. The molecule has 4 amide bonds. The molecule has 4 aliphatic rings. The van der Waals surface area contributed by atoms with E-state index in [1.807, 2.05) is 109 Å². The van der Waals surface area contributed by atoms with Crippen molar-refractivity contribution < 1.29 is 44.0 Å². The Kier molecular flexibility index (Phi) is 14.5. The molecule has 10 rings (SSSR count). The zero-order valence-corrected chi connectivity index (χ0v) is 41.2. The van der Waals surface area contributed by atoms with E-state index in [0.29, 0.717) is 40.8 Å². The Balaban J connectivity index is 1.24. The van der Waals surface area contributed by atoms with E-state index in [0.717, 1.165) is 41.7 Å². The van der Waals surface area contributed by atoms with Crippen LogP contribution in [0.5, 0.6) is 5.75 Å². The molecule has 13 nitrogen and oxygen atoms in total. The van der Waals surface area contributed by atoms with Gasteiger partial charge < -0.3 is 35.4 Å². The van der Waals surface area contributed by atoms with Gasteiger partial charge in [0, 0.05) is 12.1 Å². The predicted molar refractivity (Wildman–Crippen MR) is 278 cm³/mol. The van der Waals surface area contributed by atoms with E-state index in [1.165, 1.54) is 0 Å². The van der Waals surface area contributed by atoms with Gasteiger partial charge in [-0.3, -0.25) is 19.3 Å². The van der Waals surface area contributed by atoms with Crippen LogP contribution in [0.3, 0.4) is 0 Å². The second-order valence-electron chi connectivity index (χ2n) is 19.7. The molecule has 1 spiro atoms. The molecule has 378 valence electrons. The Morgan fingerprint density at radius 2 is 1.36 bits per heavy atom. The molecule has 13 heteroatoms. The molecular formula is C61H60N4O9. The fraction of sp³-hybridized carbons (Fsp3) is 0.311. The van der Waals surface area contributed by atoms with Crippen molar-refractivity contribution in [2.24, 2.45) is 5.92 Å². The highest BCUT2D eigenvalue weighted by Crippen LogP contribution is 2.66. The summed E-state index contributed by atoms with van der Waals surface area (Å²) in [4.78, 5) is 66.5. The van der Waals surface area contributed by atoms with E-state index in [4.69, 9.17) is 9.47 Å². The molecule has 1 aliphatic carbocycles. The van der Waals surface area contributed by atoms with Crippen LogP contribution in [-0.2, 0) is 24.5 Å². The SMILES string of the molecule is C[C@@H](NC(=O)N1C(=O)[C@@]2(c3cc(C#CC4(O)CCCCCC4)ccc31)[C@H](C(=O)NC[C@H](O)c1ccccc1)[C@H]1C(=O)O[C@H](c3ccccc3)[C@H](c3ccccc3)N1[C@@H]2c1ccc(OCCO)cc1)c1ccccc1. The largest absolute Gasteiger partial charge is 0.491 e. The van der Waals surface area contributed by atoms with Crippen LogP contribution in [0.15, 0.2) is 164 Å². The summed E-state index contributed by atoms with van der Waals surface area (Å²) in [7, 11) is 0. The van der Waals surface area contributed by atoms with E-state index >= 15 is 19.2 Å². The third kappa shape index (κ3) is 9.46. The quantitative estimate of drug-likeness (QED) is 0.0454. The maximum atomic E-state index is 16.8. The second-order valence-corrected chi connectivity index (χ2v) is 19.7. The van der Waals surface area contributed by atoms with Gasteiger partial charge in [0.2, 0.25) is 11.8 Å². The van der Waals surface area contributed by atoms with Gasteiger partial charge in [-0.05, 0) is 96.3 Å². The number of morpholine rings is 1. The van der Waals surface area contributed by atoms with Crippen LogP contribution >= 0.6 is 0 Å². The minimum atomic E-state index is -2.10. The zero-order chi connectivity index (χ0) is 51.4. The topological polar surface area (TPSA) is 178 Å². The van der Waals surface area contributed by atoms with Crippen molar-refractivity contribution in [2.45, 2.75) is 92.8 Å². The lowest BCUT2D eigenvalue weighted by Gasteiger charge is -2.46. The van der Waals surface area contributed by atoms with Crippen LogP contribution in [0.4, 0.5) is 10.5 Å². The first-order valence-corrected chi connectivity index (χ1v) is 25.5. The Bertz CT molecular complexity index is 3030. The molecule has 3 heterocycles. The highest BCUT2D eigenvalue weighted by atomic mass is 16.6. The van der Waals surface area contributed by atoms with Crippen LogP contribution in [0.2, 0.25) is 0 Å². The van der Waals surface area contributed by atoms with Gasteiger partial charge >= 0.3 is 12.0 Å². The van der Waals surface area contributed by atoms with Crippen LogP contribution in [0, 0.1) is 17.8 Å². The fourth-order valence-electron chi connectivity index (χ4n) is 11.7. The summed E-state index contributed by atoms with van der Waals surface area (Å²) < 4.78 is 12.5. The van der Waals surface area contributed by atoms with Crippen LogP contribution in [-0.4, -0.2) is 75.4 Å². The normalized spacial score (nSPS) is 23.8. The lowest BCUT2D eigenvalue weighted by Crippen LogP contribution is -2.56. The van der Waals surface area contributed by atoms with E-state index in [9.17, 15) is 15.3 Å². The number of aliphatic hydroxyl groups is 3. The predicted octanol–water partition coefficient (Wildman–Crippen LogP) is 8.48. The molecule has 0 aromatic heterocycles. The molecule has 2 saturated heterocycles. The number of rotatable bonds is 12. The van der Waals surface area contributed by atoms with Crippen molar-refractivity contribution in [3.8, 4) is 17.6 Å². The average molecular weight is 993 g/mol. The van der Waals surface area contributed by atoms with Crippen molar-refractivity contribution in [3.63, 3.8) is 0 Å². The first-order valence-electron chi connectivity index (χ1n) is 25.5. The number of ether oxygens (including phenoxy) is 2. The number of fused-ring (bicyclic) bond motifs is 3. The van der Waals surface area contributed by atoms with Crippen LogP contribution < -0.4 is 20.3 Å². The highest BCUT2D eigenvalue weighted by molar-refractivity contribution is 6.24. The van der Waals surface area contributed by atoms with Crippen molar-refractivity contribution in [1.82, 2.24) is 15.5 Å². The highest BCUT2D eigenvalue weighted by Gasteiger charge is 2.75.